The lowest BCUT2D eigenvalue weighted by atomic mass is 10.3. The Labute approximate surface area is 121 Å². The first-order chi connectivity index (χ1) is 8.98. The molecule has 0 N–H and O–H groups in total. The molecule has 4 nitrogen and oxygen atoms in total. The van der Waals surface area contributed by atoms with Gasteiger partial charge >= 0.3 is 0 Å². The molecule has 19 heavy (non-hydrogen) atoms. The smallest absolute Gasteiger partial charge is 0.199 e. The van der Waals surface area contributed by atoms with Crippen LogP contribution in [-0.2, 0) is 10.0 Å². The van der Waals surface area contributed by atoms with Gasteiger partial charge in [-0.15, -0.1) is 0 Å². The summed E-state index contributed by atoms with van der Waals surface area (Å²) in [5, 5.41) is 4.57. The largest absolute Gasteiger partial charge is 0.284 e. The average Bonchev–Trinajstić information content (AvgIpc) is 3.09. The van der Waals surface area contributed by atoms with E-state index >= 15 is 0 Å². The van der Waals surface area contributed by atoms with Crippen LogP contribution in [0.2, 0.25) is 10.0 Å². The van der Waals surface area contributed by atoms with Crippen molar-refractivity contribution in [1.29, 1.82) is 0 Å². The van der Waals surface area contributed by atoms with Crippen LogP contribution in [0.5, 0.6) is 0 Å². The Morgan fingerprint density at radius 3 is 2.63 bits per heavy atom. The number of hydrogen-bond acceptors (Lipinski definition) is 3. The second-order valence-electron chi connectivity index (χ2n) is 4.47. The van der Waals surface area contributed by atoms with Crippen LogP contribution in [0.3, 0.4) is 0 Å². The Morgan fingerprint density at radius 2 is 1.95 bits per heavy atom. The van der Waals surface area contributed by atoms with Crippen LogP contribution in [0.4, 0.5) is 0 Å². The highest BCUT2D eigenvalue weighted by Crippen LogP contribution is 2.39. The van der Waals surface area contributed by atoms with Crippen LogP contribution in [0.1, 0.15) is 24.5 Å². The van der Waals surface area contributed by atoms with Gasteiger partial charge in [-0.05, 0) is 37.1 Å². The van der Waals surface area contributed by atoms with Crippen LogP contribution >= 0.6 is 23.2 Å². The molecule has 1 aromatic carbocycles. The van der Waals surface area contributed by atoms with Crippen LogP contribution < -0.4 is 0 Å². The van der Waals surface area contributed by atoms with E-state index in [1.165, 1.54) is 18.3 Å². The van der Waals surface area contributed by atoms with Gasteiger partial charge in [-0.2, -0.15) is 17.6 Å². The average molecular weight is 317 g/mol. The molecule has 0 bridgehead atoms. The molecule has 0 spiro atoms. The van der Waals surface area contributed by atoms with E-state index in [0.29, 0.717) is 10.9 Å². The van der Waals surface area contributed by atoms with E-state index in [4.69, 9.17) is 23.2 Å². The summed E-state index contributed by atoms with van der Waals surface area (Å²) in [6, 6.07) is 6.06. The van der Waals surface area contributed by atoms with Crippen LogP contribution in [0.15, 0.2) is 35.4 Å². The van der Waals surface area contributed by atoms with E-state index in [2.05, 4.69) is 5.10 Å². The fraction of sp³-hybridized carbons (Fsp3) is 0.250. The van der Waals surface area contributed by atoms with E-state index in [1.54, 1.807) is 12.1 Å². The zero-order chi connectivity index (χ0) is 13.6. The fourth-order valence-corrected chi connectivity index (χ4v) is 3.69. The molecule has 0 aliphatic heterocycles. The summed E-state index contributed by atoms with van der Waals surface area (Å²) in [7, 11) is -3.79. The van der Waals surface area contributed by atoms with Gasteiger partial charge in [-0.3, -0.25) is 0 Å². The van der Waals surface area contributed by atoms with Gasteiger partial charge in [0.05, 0.1) is 10.7 Å². The monoisotopic (exact) mass is 316 g/mol. The number of rotatable bonds is 3. The number of aromatic nitrogens is 2. The molecule has 1 heterocycles. The minimum atomic E-state index is -3.79. The lowest BCUT2D eigenvalue weighted by Gasteiger charge is -2.06. The lowest BCUT2D eigenvalue weighted by Crippen LogP contribution is -2.14. The Hall–Kier alpha value is -1.04. The fourth-order valence-electron chi connectivity index (χ4n) is 1.83. The van der Waals surface area contributed by atoms with Gasteiger partial charge in [0.25, 0.3) is 10.0 Å². The Balaban J connectivity index is 2.07. The summed E-state index contributed by atoms with van der Waals surface area (Å²) in [6.45, 7) is 0. The summed E-state index contributed by atoms with van der Waals surface area (Å²) in [5.41, 5.74) is 0.807. The van der Waals surface area contributed by atoms with Crippen molar-refractivity contribution in [2.24, 2.45) is 0 Å². The highest BCUT2D eigenvalue weighted by atomic mass is 35.5. The molecule has 0 unspecified atom stereocenters. The summed E-state index contributed by atoms with van der Waals surface area (Å²) in [4.78, 5) is -0.0351. The Bertz CT molecular complexity index is 736. The highest BCUT2D eigenvalue weighted by Gasteiger charge is 2.28. The van der Waals surface area contributed by atoms with Crippen LogP contribution in [0.25, 0.3) is 0 Å². The van der Waals surface area contributed by atoms with Crippen molar-refractivity contribution in [3.05, 3.63) is 46.2 Å². The van der Waals surface area contributed by atoms with E-state index in [0.717, 1.165) is 22.6 Å². The second kappa shape index (κ2) is 4.51. The zero-order valence-electron chi connectivity index (χ0n) is 9.75. The molecule has 1 fully saturated rings. The first-order valence-corrected chi connectivity index (χ1v) is 7.94. The van der Waals surface area contributed by atoms with Crippen molar-refractivity contribution < 1.29 is 8.42 Å². The normalized spacial score (nSPS) is 15.7. The first-order valence-electron chi connectivity index (χ1n) is 5.75. The summed E-state index contributed by atoms with van der Waals surface area (Å²) in [6.07, 6.45) is 3.57. The second-order valence-corrected chi connectivity index (χ2v) is 7.07. The van der Waals surface area contributed by atoms with Gasteiger partial charge in [0.2, 0.25) is 0 Å². The molecule has 3 rings (SSSR count). The third-order valence-electron chi connectivity index (χ3n) is 3.00. The van der Waals surface area contributed by atoms with Gasteiger partial charge in [0.1, 0.15) is 4.90 Å². The molecule has 0 atom stereocenters. The van der Waals surface area contributed by atoms with Gasteiger partial charge in [-0.25, -0.2) is 0 Å². The molecule has 0 amide bonds. The third kappa shape index (κ3) is 2.38. The van der Waals surface area contributed by atoms with Gasteiger partial charge in [0.15, 0.2) is 0 Å². The third-order valence-corrected chi connectivity index (χ3v) is 5.27. The molecule has 1 aromatic heterocycles. The van der Waals surface area contributed by atoms with Crippen molar-refractivity contribution in [3.8, 4) is 0 Å². The summed E-state index contributed by atoms with van der Waals surface area (Å²) < 4.78 is 25.8. The van der Waals surface area contributed by atoms with Gasteiger partial charge in [0, 0.05) is 17.1 Å². The topological polar surface area (TPSA) is 52.0 Å². The highest BCUT2D eigenvalue weighted by molar-refractivity contribution is 7.90. The molecular weight excluding hydrogens is 307 g/mol. The molecule has 7 heteroatoms. The van der Waals surface area contributed by atoms with Crippen molar-refractivity contribution in [2.45, 2.75) is 23.7 Å². The zero-order valence-corrected chi connectivity index (χ0v) is 12.1. The Morgan fingerprint density at radius 1 is 1.21 bits per heavy atom. The predicted octanol–water partition coefficient (Wildman–Crippen LogP) is 3.30. The van der Waals surface area contributed by atoms with E-state index in [1.807, 2.05) is 0 Å². The van der Waals surface area contributed by atoms with E-state index in [-0.39, 0.29) is 9.92 Å². The molecular formula is C12H10Cl2N2O2S. The Kier molecular flexibility index (Phi) is 3.08. The van der Waals surface area contributed by atoms with Gasteiger partial charge < -0.3 is 0 Å². The maximum atomic E-state index is 12.4. The SMILES string of the molecule is O=S(=O)(c1cc(Cl)ccc1Cl)n1ccc(C2CC2)n1. The molecule has 1 saturated carbocycles. The van der Waals surface area contributed by atoms with Crippen molar-refractivity contribution in [2.75, 3.05) is 0 Å². The number of nitrogens with zero attached hydrogens (tertiary/aromatic N) is 2. The molecule has 1 aliphatic rings. The molecule has 0 radical (unpaired) electrons. The maximum Gasteiger partial charge on any atom is 0.284 e. The number of halogens is 2. The number of benzene rings is 1. The predicted molar refractivity (Wildman–Crippen MR) is 73.2 cm³/mol. The number of hydrogen-bond donors (Lipinski definition) is 0. The van der Waals surface area contributed by atoms with Gasteiger partial charge in [-0.1, -0.05) is 23.2 Å². The van der Waals surface area contributed by atoms with Crippen molar-refractivity contribution >= 4 is 33.2 Å². The van der Waals surface area contributed by atoms with E-state index < -0.39 is 10.0 Å². The maximum absolute atomic E-state index is 12.4. The molecule has 1 aliphatic carbocycles. The van der Waals surface area contributed by atoms with Crippen LogP contribution in [0, 0.1) is 0 Å². The summed E-state index contributed by atoms with van der Waals surface area (Å²) in [5.74, 6) is 0.395. The molecule has 2 aromatic rings. The van der Waals surface area contributed by atoms with E-state index in [9.17, 15) is 8.42 Å². The van der Waals surface area contributed by atoms with Crippen molar-refractivity contribution in [3.63, 3.8) is 0 Å². The quantitative estimate of drug-likeness (QED) is 0.873. The van der Waals surface area contributed by atoms with Crippen molar-refractivity contribution in [1.82, 2.24) is 9.19 Å². The minimum Gasteiger partial charge on any atom is -0.199 e. The minimum absolute atomic E-state index is 0.0351. The standard InChI is InChI=1S/C12H10Cl2N2O2S/c13-9-3-4-10(14)12(7-9)19(17,18)16-6-5-11(15-16)8-1-2-8/h3-8H,1-2H2. The molecule has 0 saturated heterocycles. The lowest BCUT2D eigenvalue weighted by molar-refractivity contribution is 0.579. The first kappa shape index (κ1) is 13.0. The molecule has 100 valence electrons. The van der Waals surface area contributed by atoms with Crippen LogP contribution in [-0.4, -0.2) is 17.6 Å². The summed E-state index contributed by atoms with van der Waals surface area (Å²) >= 11 is 11.8.